The topological polar surface area (TPSA) is 58.6 Å². The summed E-state index contributed by atoms with van der Waals surface area (Å²) in [6.07, 6.45) is 1.43. The minimum absolute atomic E-state index is 0.0241. The van der Waals surface area contributed by atoms with Crippen molar-refractivity contribution in [2.45, 2.75) is 25.3 Å². The summed E-state index contributed by atoms with van der Waals surface area (Å²) in [6, 6.07) is 7.62. The lowest BCUT2D eigenvalue weighted by molar-refractivity contribution is -0.126. The highest BCUT2D eigenvalue weighted by molar-refractivity contribution is 5.82. The molecule has 0 aliphatic carbocycles. The van der Waals surface area contributed by atoms with Gasteiger partial charge in [-0.25, -0.2) is 0 Å². The largest absolute Gasteiger partial charge is 0.496 e. The molecule has 0 aromatic heterocycles. The number of nitrogens with zero attached hydrogens (tertiary/aromatic N) is 1. The molecule has 108 valence electrons. The van der Waals surface area contributed by atoms with E-state index in [1.807, 2.05) is 24.3 Å². The average Bonchev–Trinajstić information content (AvgIpc) is 2.75. The van der Waals surface area contributed by atoms with Gasteiger partial charge >= 0.3 is 0 Å². The zero-order chi connectivity index (χ0) is 14.5. The van der Waals surface area contributed by atoms with E-state index in [9.17, 15) is 9.59 Å². The third-order valence-corrected chi connectivity index (χ3v) is 3.52. The van der Waals surface area contributed by atoms with Gasteiger partial charge in [0, 0.05) is 26.4 Å². The Kier molecular flexibility index (Phi) is 4.61. The molecule has 5 nitrogen and oxygen atoms in total. The quantitative estimate of drug-likeness (QED) is 0.872. The number of amides is 2. The Morgan fingerprint density at radius 2 is 2.20 bits per heavy atom. The molecule has 1 N–H and O–H groups in total. The number of carbonyl (C=O) groups excluding carboxylic acids is 2. The number of hydrogen-bond acceptors (Lipinski definition) is 3. The van der Waals surface area contributed by atoms with Crippen LogP contribution in [-0.4, -0.2) is 43.5 Å². The van der Waals surface area contributed by atoms with Gasteiger partial charge in [-0.15, -0.1) is 0 Å². The first-order chi connectivity index (χ1) is 9.60. The minimum Gasteiger partial charge on any atom is -0.496 e. The molecule has 0 radical (unpaired) electrons. The molecule has 1 aliphatic rings. The van der Waals surface area contributed by atoms with Gasteiger partial charge in [0.1, 0.15) is 5.75 Å². The number of nitrogens with one attached hydrogen (secondary N) is 1. The molecule has 1 unspecified atom stereocenters. The molecule has 2 rings (SSSR count). The Bertz CT molecular complexity index is 502. The molecule has 20 heavy (non-hydrogen) atoms. The first-order valence-corrected chi connectivity index (χ1v) is 6.75. The molecule has 0 bridgehead atoms. The third kappa shape index (κ3) is 3.50. The van der Waals surface area contributed by atoms with Crippen molar-refractivity contribution >= 4 is 11.8 Å². The Balaban J connectivity index is 1.82. The highest BCUT2D eigenvalue weighted by Gasteiger charge is 2.27. The maximum Gasteiger partial charge on any atom is 0.224 e. The van der Waals surface area contributed by atoms with Crippen LogP contribution in [0.5, 0.6) is 5.75 Å². The molecular formula is C15H20N2O3. The van der Waals surface area contributed by atoms with Crippen LogP contribution in [0.1, 0.15) is 18.4 Å². The normalized spacial score (nSPS) is 18.2. The Labute approximate surface area is 118 Å². The van der Waals surface area contributed by atoms with Crippen molar-refractivity contribution in [2.75, 3.05) is 20.7 Å². The minimum atomic E-state index is -0.0577. The molecule has 1 aliphatic heterocycles. The van der Waals surface area contributed by atoms with E-state index in [1.165, 1.54) is 0 Å². The highest BCUT2D eigenvalue weighted by Crippen LogP contribution is 2.18. The number of ether oxygens (including phenoxy) is 1. The van der Waals surface area contributed by atoms with Crippen molar-refractivity contribution in [3.05, 3.63) is 29.8 Å². The van der Waals surface area contributed by atoms with Gasteiger partial charge in [0.25, 0.3) is 0 Å². The van der Waals surface area contributed by atoms with Crippen LogP contribution in [0.3, 0.4) is 0 Å². The molecule has 1 aromatic rings. The van der Waals surface area contributed by atoms with Crippen LogP contribution in [-0.2, 0) is 16.0 Å². The third-order valence-electron chi connectivity index (χ3n) is 3.52. The van der Waals surface area contributed by atoms with Crippen molar-refractivity contribution in [3.8, 4) is 5.75 Å². The van der Waals surface area contributed by atoms with Crippen molar-refractivity contribution in [3.63, 3.8) is 0 Å². The molecule has 1 aromatic carbocycles. The van der Waals surface area contributed by atoms with Gasteiger partial charge < -0.3 is 15.0 Å². The molecule has 5 heteroatoms. The van der Waals surface area contributed by atoms with E-state index in [1.54, 1.807) is 19.1 Å². The van der Waals surface area contributed by atoms with E-state index in [0.717, 1.165) is 11.3 Å². The Morgan fingerprint density at radius 3 is 2.85 bits per heavy atom. The van der Waals surface area contributed by atoms with Gasteiger partial charge in [0.2, 0.25) is 11.8 Å². The van der Waals surface area contributed by atoms with Crippen molar-refractivity contribution in [1.29, 1.82) is 0 Å². The van der Waals surface area contributed by atoms with Gasteiger partial charge in [-0.2, -0.15) is 0 Å². The summed E-state index contributed by atoms with van der Waals surface area (Å²) < 4.78 is 5.26. The number of para-hydroxylation sites is 1. The first kappa shape index (κ1) is 14.4. The summed E-state index contributed by atoms with van der Waals surface area (Å²) in [7, 11) is 3.38. The van der Waals surface area contributed by atoms with E-state index < -0.39 is 0 Å². The second-order valence-electron chi connectivity index (χ2n) is 5.05. The van der Waals surface area contributed by atoms with E-state index in [2.05, 4.69) is 5.32 Å². The van der Waals surface area contributed by atoms with Crippen molar-refractivity contribution in [2.24, 2.45) is 0 Å². The highest BCUT2D eigenvalue weighted by atomic mass is 16.5. The predicted octanol–water partition coefficient (Wildman–Crippen LogP) is 0.975. The lowest BCUT2D eigenvalue weighted by Gasteiger charge is -2.13. The van der Waals surface area contributed by atoms with E-state index in [0.29, 0.717) is 25.8 Å². The fourth-order valence-corrected chi connectivity index (χ4v) is 2.42. The number of aryl methyl sites for hydroxylation is 1. The molecule has 1 fully saturated rings. The number of hydrogen-bond donors (Lipinski definition) is 1. The predicted molar refractivity (Wildman–Crippen MR) is 75.5 cm³/mol. The van der Waals surface area contributed by atoms with Gasteiger partial charge in [-0.05, 0) is 18.1 Å². The summed E-state index contributed by atoms with van der Waals surface area (Å²) in [6.45, 7) is 0.596. The Hall–Kier alpha value is -2.04. The van der Waals surface area contributed by atoms with Crippen LogP contribution in [0.25, 0.3) is 0 Å². The first-order valence-electron chi connectivity index (χ1n) is 6.75. The molecule has 0 saturated carbocycles. The fourth-order valence-electron chi connectivity index (χ4n) is 2.42. The number of methoxy groups -OCH3 is 1. The van der Waals surface area contributed by atoms with E-state index >= 15 is 0 Å². The van der Waals surface area contributed by atoms with Crippen LogP contribution >= 0.6 is 0 Å². The van der Waals surface area contributed by atoms with Crippen LogP contribution in [0.4, 0.5) is 0 Å². The average molecular weight is 276 g/mol. The SMILES string of the molecule is COc1ccccc1CCC(=O)NC1CC(=O)N(C)C1. The van der Waals surface area contributed by atoms with Gasteiger partial charge in [0.05, 0.1) is 13.2 Å². The number of benzene rings is 1. The van der Waals surface area contributed by atoms with Crippen molar-refractivity contribution < 1.29 is 14.3 Å². The number of carbonyl (C=O) groups is 2. The second-order valence-corrected chi connectivity index (χ2v) is 5.05. The molecule has 1 atom stereocenters. The number of rotatable bonds is 5. The summed E-state index contributed by atoms with van der Waals surface area (Å²) in [5, 5.41) is 2.91. The zero-order valence-corrected chi connectivity index (χ0v) is 11.9. The molecule has 1 heterocycles. The molecule has 2 amide bonds. The Morgan fingerprint density at radius 1 is 1.45 bits per heavy atom. The van der Waals surface area contributed by atoms with Gasteiger partial charge in [-0.3, -0.25) is 9.59 Å². The number of likely N-dealkylation sites (tertiary alicyclic amines) is 1. The molecule has 1 saturated heterocycles. The lowest BCUT2D eigenvalue weighted by Crippen LogP contribution is -2.36. The molecular weight excluding hydrogens is 256 g/mol. The van der Waals surface area contributed by atoms with Gasteiger partial charge in [0.15, 0.2) is 0 Å². The van der Waals surface area contributed by atoms with Crippen molar-refractivity contribution in [1.82, 2.24) is 10.2 Å². The maximum atomic E-state index is 11.9. The van der Waals surface area contributed by atoms with Crippen LogP contribution in [0.15, 0.2) is 24.3 Å². The lowest BCUT2D eigenvalue weighted by atomic mass is 10.1. The van der Waals surface area contributed by atoms with Crippen LogP contribution < -0.4 is 10.1 Å². The maximum absolute atomic E-state index is 11.9. The summed E-state index contributed by atoms with van der Waals surface area (Å²) in [5.41, 5.74) is 1.02. The standard InChI is InChI=1S/C15H20N2O3/c1-17-10-12(9-15(17)19)16-14(18)8-7-11-5-3-4-6-13(11)20-2/h3-6,12H,7-10H2,1-2H3,(H,16,18). The van der Waals surface area contributed by atoms with E-state index in [-0.39, 0.29) is 17.9 Å². The zero-order valence-electron chi connectivity index (χ0n) is 11.9. The molecule has 0 spiro atoms. The second kappa shape index (κ2) is 6.41. The number of likely N-dealkylation sites (N-methyl/N-ethyl adjacent to an activating group) is 1. The van der Waals surface area contributed by atoms with Gasteiger partial charge in [-0.1, -0.05) is 18.2 Å². The smallest absolute Gasteiger partial charge is 0.224 e. The summed E-state index contributed by atoms with van der Waals surface area (Å²) in [4.78, 5) is 24.9. The summed E-state index contributed by atoms with van der Waals surface area (Å²) >= 11 is 0. The van der Waals surface area contributed by atoms with E-state index in [4.69, 9.17) is 4.74 Å². The van der Waals surface area contributed by atoms with Crippen LogP contribution in [0.2, 0.25) is 0 Å². The summed E-state index contributed by atoms with van der Waals surface area (Å²) in [5.74, 6) is 0.861. The fraction of sp³-hybridized carbons (Fsp3) is 0.467. The monoisotopic (exact) mass is 276 g/mol. The van der Waals surface area contributed by atoms with Crippen LogP contribution in [0, 0.1) is 0 Å².